The number of thioether (sulfide) groups is 1. The van der Waals surface area contributed by atoms with Gasteiger partial charge in [0.15, 0.2) is 0 Å². The minimum Gasteiger partial charge on any atom is -0.155 e. The molecule has 0 aromatic heterocycles. The third-order valence-corrected chi connectivity index (χ3v) is 7.41. The highest BCUT2D eigenvalue weighted by Crippen LogP contribution is 2.39. The normalized spacial score (nSPS) is 31.6. The van der Waals surface area contributed by atoms with Crippen molar-refractivity contribution in [3.8, 4) is 0 Å². The van der Waals surface area contributed by atoms with Crippen molar-refractivity contribution in [2.75, 3.05) is 5.75 Å². The van der Waals surface area contributed by atoms with Crippen LogP contribution in [0.15, 0.2) is 0 Å². The Labute approximate surface area is 123 Å². The van der Waals surface area contributed by atoms with Gasteiger partial charge in [-0.1, -0.05) is 29.5 Å². The van der Waals surface area contributed by atoms with Gasteiger partial charge in [-0.25, -0.2) is 0 Å². The van der Waals surface area contributed by atoms with Crippen LogP contribution in [0.25, 0.3) is 0 Å². The number of rotatable bonds is 5. The maximum absolute atomic E-state index is 3.47. The first kappa shape index (κ1) is 14.6. The van der Waals surface area contributed by atoms with Gasteiger partial charge in [0.25, 0.3) is 0 Å². The number of hydrogen-bond acceptors (Lipinski definition) is 2. The lowest BCUT2D eigenvalue weighted by atomic mass is 9.87. The smallest absolute Gasteiger partial charge is 0.00500 e. The molecular formula is C14H25BrS2. The van der Waals surface area contributed by atoms with Crippen LogP contribution in [0.3, 0.4) is 0 Å². The van der Waals surface area contributed by atoms with Gasteiger partial charge < -0.3 is 0 Å². The molecule has 0 aromatic rings. The van der Waals surface area contributed by atoms with Crippen LogP contribution in [0.5, 0.6) is 0 Å². The van der Waals surface area contributed by atoms with E-state index in [2.05, 4.69) is 26.6 Å². The molecule has 17 heavy (non-hydrogen) atoms. The predicted octanol–water partition coefficient (Wildman–Crippen LogP) is 6.04. The predicted molar refractivity (Wildman–Crippen MR) is 86.2 cm³/mol. The van der Waals surface area contributed by atoms with Gasteiger partial charge in [0, 0.05) is 16.3 Å². The third-order valence-electron chi connectivity index (χ3n) is 4.33. The summed E-state index contributed by atoms with van der Waals surface area (Å²) in [6, 6.07) is 0. The van der Waals surface area contributed by atoms with Crippen molar-refractivity contribution in [1.82, 2.24) is 0 Å². The summed E-state index contributed by atoms with van der Waals surface area (Å²) in [5.41, 5.74) is 0. The molecule has 0 spiro atoms. The van der Waals surface area contributed by atoms with Crippen molar-refractivity contribution in [2.24, 2.45) is 5.92 Å². The maximum atomic E-state index is 3.47. The summed E-state index contributed by atoms with van der Waals surface area (Å²) >= 11 is 5.82. The van der Waals surface area contributed by atoms with Crippen LogP contribution in [-0.2, 0) is 0 Å². The molecule has 3 heteroatoms. The zero-order chi connectivity index (χ0) is 11.9. The second kappa shape index (κ2) is 8.37. The number of halogens is 1. The maximum Gasteiger partial charge on any atom is 0.00500 e. The molecular weight excluding hydrogens is 312 g/mol. The lowest BCUT2D eigenvalue weighted by Gasteiger charge is -2.31. The molecule has 0 nitrogen and oxygen atoms in total. The lowest BCUT2D eigenvalue weighted by Crippen LogP contribution is -2.20. The molecule has 0 aliphatic heterocycles. The molecule has 0 saturated heterocycles. The van der Waals surface area contributed by atoms with Crippen molar-refractivity contribution in [3.05, 3.63) is 0 Å². The first-order valence-electron chi connectivity index (χ1n) is 7.27. The molecule has 0 N–H and O–H groups in total. The quantitative estimate of drug-likeness (QED) is 0.599. The Hall–Kier alpha value is 1.18. The first-order chi connectivity index (χ1) is 8.38. The van der Waals surface area contributed by atoms with Crippen molar-refractivity contribution in [2.45, 2.75) is 74.7 Å². The molecule has 0 unspecified atom stereocenters. The van der Waals surface area contributed by atoms with Gasteiger partial charge in [0.2, 0.25) is 0 Å². The van der Waals surface area contributed by atoms with E-state index in [1.54, 1.807) is 0 Å². The van der Waals surface area contributed by atoms with E-state index < -0.39 is 0 Å². The van der Waals surface area contributed by atoms with Gasteiger partial charge in [-0.15, -0.1) is 0 Å². The number of hydrogen-bond donors (Lipinski definition) is 0. The molecule has 2 aliphatic carbocycles. The summed E-state index contributed by atoms with van der Waals surface area (Å²) in [5.74, 6) is 2.33. The summed E-state index contributed by atoms with van der Waals surface area (Å²) in [6.45, 7) is 0. The van der Waals surface area contributed by atoms with Crippen LogP contribution in [0.1, 0.15) is 64.2 Å². The average molecular weight is 337 g/mol. The van der Waals surface area contributed by atoms with Gasteiger partial charge >= 0.3 is 0 Å². The molecule has 2 aliphatic rings. The van der Waals surface area contributed by atoms with Crippen LogP contribution in [0.2, 0.25) is 0 Å². The van der Waals surface area contributed by atoms with E-state index in [0.29, 0.717) is 0 Å². The van der Waals surface area contributed by atoms with E-state index in [4.69, 9.17) is 0 Å². The van der Waals surface area contributed by atoms with Crippen LogP contribution in [0.4, 0.5) is 0 Å². The van der Waals surface area contributed by atoms with E-state index in [9.17, 15) is 0 Å². The van der Waals surface area contributed by atoms with Gasteiger partial charge in [-0.2, -0.15) is 11.8 Å². The van der Waals surface area contributed by atoms with Crippen LogP contribution in [0, 0.1) is 5.92 Å². The Morgan fingerprint density at radius 2 is 1.47 bits per heavy atom. The highest BCUT2D eigenvalue weighted by Gasteiger charge is 2.24. The Balaban J connectivity index is 1.61. The van der Waals surface area contributed by atoms with Crippen molar-refractivity contribution >= 4 is 36.8 Å². The second-order valence-corrected chi connectivity index (χ2v) is 9.25. The zero-order valence-electron chi connectivity index (χ0n) is 10.7. The zero-order valence-corrected chi connectivity index (χ0v) is 13.9. The Morgan fingerprint density at radius 1 is 0.824 bits per heavy atom. The molecule has 0 radical (unpaired) electrons. The average Bonchev–Trinajstić information content (AvgIpc) is 2.39. The van der Waals surface area contributed by atoms with E-state index in [0.717, 1.165) is 16.4 Å². The summed E-state index contributed by atoms with van der Waals surface area (Å²) in [5, 5.41) is 2.02. The van der Waals surface area contributed by atoms with Gasteiger partial charge in [-0.3, -0.25) is 0 Å². The molecule has 100 valence electrons. The monoisotopic (exact) mass is 336 g/mol. The molecule has 2 fully saturated rings. The van der Waals surface area contributed by atoms with Crippen molar-refractivity contribution in [3.63, 3.8) is 0 Å². The second-order valence-electron chi connectivity index (χ2n) is 5.64. The molecule has 0 heterocycles. The van der Waals surface area contributed by atoms with Gasteiger partial charge in [0.1, 0.15) is 0 Å². The molecule has 2 rings (SSSR count). The molecule has 0 aromatic carbocycles. The van der Waals surface area contributed by atoms with E-state index in [1.165, 1.54) is 70.0 Å². The fourth-order valence-electron chi connectivity index (χ4n) is 3.24. The van der Waals surface area contributed by atoms with Crippen LogP contribution >= 0.6 is 36.8 Å². The summed E-state index contributed by atoms with van der Waals surface area (Å²) < 4.78 is 0. The summed E-state index contributed by atoms with van der Waals surface area (Å²) in [7, 11) is 1.83. The Kier molecular flexibility index (Phi) is 7.18. The van der Waals surface area contributed by atoms with Crippen LogP contribution in [-0.4, -0.2) is 16.3 Å². The third kappa shape index (κ3) is 5.36. The summed E-state index contributed by atoms with van der Waals surface area (Å²) in [6.07, 6.45) is 14.9. The molecule has 0 atom stereocenters. The molecule has 0 amide bonds. The SMILES string of the molecule is BrSCCC1CCC(SC2CCCCC2)CC1. The first-order valence-corrected chi connectivity index (χ1v) is 11.0. The van der Waals surface area contributed by atoms with Crippen LogP contribution < -0.4 is 0 Å². The fraction of sp³-hybridized carbons (Fsp3) is 1.00. The van der Waals surface area contributed by atoms with Gasteiger partial charge in [0.05, 0.1) is 0 Å². The van der Waals surface area contributed by atoms with E-state index >= 15 is 0 Å². The minimum absolute atomic E-state index is 1.01. The lowest BCUT2D eigenvalue weighted by molar-refractivity contribution is 0.357. The Morgan fingerprint density at radius 3 is 2.12 bits per heavy atom. The van der Waals surface area contributed by atoms with Gasteiger partial charge in [-0.05, 0) is 65.7 Å². The summed E-state index contributed by atoms with van der Waals surface area (Å²) in [4.78, 5) is 0. The minimum atomic E-state index is 1.01. The topological polar surface area (TPSA) is 0 Å². The standard InChI is InChI=1S/C14H25BrS2/c15-16-11-10-12-6-8-14(9-7-12)17-13-4-2-1-3-5-13/h12-14H,1-11H2. The largest absolute Gasteiger partial charge is 0.155 e. The van der Waals surface area contributed by atoms with E-state index in [-0.39, 0.29) is 0 Å². The van der Waals surface area contributed by atoms with E-state index in [1.807, 2.05) is 10.2 Å². The Bertz CT molecular complexity index is 196. The highest BCUT2D eigenvalue weighted by molar-refractivity contribution is 9.50. The fourth-order valence-corrected chi connectivity index (χ4v) is 5.92. The van der Waals surface area contributed by atoms with Crippen molar-refractivity contribution < 1.29 is 0 Å². The molecule has 0 bridgehead atoms. The van der Waals surface area contributed by atoms with Crippen molar-refractivity contribution in [1.29, 1.82) is 0 Å². The highest BCUT2D eigenvalue weighted by atomic mass is 79.9. The molecule has 2 saturated carbocycles.